The van der Waals surface area contributed by atoms with E-state index in [0.29, 0.717) is 35.2 Å². The van der Waals surface area contributed by atoms with Gasteiger partial charge in [0.1, 0.15) is 17.8 Å². The fraction of sp³-hybridized carbons (Fsp3) is 0.115. The van der Waals surface area contributed by atoms with Gasteiger partial charge in [0.05, 0.1) is 12.8 Å². The minimum absolute atomic E-state index is 0.121. The summed E-state index contributed by atoms with van der Waals surface area (Å²) in [7, 11) is 1.60. The molecule has 0 unspecified atom stereocenters. The summed E-state index contributed by atoms with van der Waals surface area (Å²) in [6.07, 6.45) is 2.22. The van der Waals surface area contributed by atoms with Crippen molar-refractivity contribution in [2.45, 2.75) is 6.42 Å². The maximum atomic E-state index is 12.6. The summed E-state index contributed by atoms with van der Waals surface area (Å²) in [5.74, 6) is 1.59. The van der Waals surface area contributed by atoms with Gasteiger partial charge in [-0.1, -0.05) is 48.5 Å². The Kier molecular flexibility index (Phi) is 6.72. The second-order valence-electron chi connectivity index (χ2n) is 7.09. The van der Waals surface area contributed by atoms with E-state index in [1.807, 2.05) is 66.7 Å². The van der Waals surface area contributed by atoms with Crippen molar-refractivity contribution in [3.8, 4) is 28.6 Å². The number of ether oxygens (including phenoxy) is 2. The summed E-state index contributed by atoms with van der Waals surface area (Å²) in [4.78, 5) is 21.1. The van der Waals surface area contributed by atoms with E-state index in [-0.39, 0.29) is 5.91 Å². The second kappa shape index (κ2) is 10.2. The summed E-state index contributed by atoms with van der Waals surface area (Å²) >= 11 is 0. The lowest BCUT2D eigenvalue weighted by molar-refractivity contribution is 0.0954. The lowest BCUT2D eigenvalue weighted by Gasteiger charge is -2.09. The van der Waals surface area contributed by atoms with Crippen molar-refractivity contribution >= 4 is 5.91 Å². The molecule has 4 rings (SSSR count). The van der Waals surface area contributed by atoms with E-state index < -0.39 is 0 Å². The average molecular weight is 425 g/mol. The quantitative estimate of drug-likeness (QED) is 0.434. The van der Waals surface area contributed by atoms with Crippen LogP contribution in [0.2, 0.25) is 0 Å². The predicted molar refractivity (Wildman–Crippen MR) is 123 cm³/mol. The van der Waals surface area contributed by atoms with Gasteiger partial charge in [-0.15, -0.1) is 0 Å². The molecule has 160 valence electrons. The molecule has 0 saturated heterocycles. The van der Waals surface area contributed by atoms with Gasteiger partial charge in [-0.3, -0.25) is 4.79 Å². The van der Waals surface area contributed by atoms with Crippen molar-refractivity contribution in [2.24, 2.45) is 0 Å². The molecule has 1 N–H and O–H groups in total. The fourth-order valence-corrected chi connectivity index (χ4v) is 3.23. The molecule has 0 aliphatic carbocycles. The van der Waals surface area contributed by atoms with Gasteiger partial charge >= 0.3 is 0 Å². The van der Waals surface area contributed by atoms with Gasteiger partial charge in [0, 0.05) is 29.8 Å². The van der Waals surface area contributed by atoms with Crippen molar-refractivity contribution in [3.05, 3.63) is 102 Å². The molecule has 0 aliphatic heterocycles. The Balaban J connectivity index is 1.44. The molecule has 6 nitrogen and oxygen atoms in total. The Hall–Kier alpha value is -4.19. The first kappa shape index (κ1) is 21.1. The molecule has 1 heterocycles. The maximum Gasteiger partial charge on any atom is 0.251 e. The third-order valence-electron chi connectivity index (χ3n) is 4.87. The molecule has 1 aromatic heterocycles. The molecule has 4 aromatic rings. The van der Waals surface area contributed by atoms with Crippen LogP contribution in [0.1, 0.15) is 15.9 Å². The van der Waals surface area contributed by atoms with Crippen LogP contribution in [0.25, 0.3) is 11.3 Å². The second-order valence-corrected chi connectivity index (χ2v) is 7.09. The highest BCUT2D eigenvalue weighted by Gasteiger charge is 2.09. The van der Waals surface area contributed by atoms with Gasteiger partial charge in [-0.25, -0.2) is 9.97 Å². The molecule has 0 fully saturated rings. The smallest absolute Gasteiger partial charge is 0.251 e. The number of carbonyl (C=O) groups excluding carboxylic acids is 1. The van der Waals surface area contributed by atoms with Gasteiger partial charge in [0.25, 0.3) is 5.91 Å². The molecule has 6 heteroatoms. The van der Waals surface area contributed by atoms with Crippen LogP contribution in [-0.2, 0) is 6.42 Å². The van der Waals surface area contributed by atoms with Crippen LogP contribution < -0.4 is 14.8 Å². The van der Waals surface area contributed by atoms with Crippen LogP contribution in [0.4, 0.5) is 0 Å². The molecular formula is C26H23N3O3. The van der Waals surface area contributed by atoms with Crippen LogP contribution in [0, 0.1) is 0 Å². The first-order valence-electron chi connectivity index (χ1n) is 10.3. The number of nitrogens with zero attached hydrogens (tertiary/aromatic N) is 2. The zero-order valence-electron chi connectivity index (χ0n) is 17.7. The maximum absolute atomic E-state index is 12.6. The Bertz CT molecular complexity index is 1200. The number of rotatable bonds is 8. The highest BCUT2D eigenvalue weighted by Crippen LogP contribution is 2.26. The van der Waals surface area contributed by atoms with Gasteiger partial charge in [0.2, 0.25) is 5.88 Å². The standard InChI is InChI=1S/C26H23N3O3/c1-31-22-11-6-12-23(16-22)32-25-17-24(28-18-29-25)20-9-5-10-21(15-20)26(30)27-14-13-19-7-3-2-4-8-19/h2-12,15-18H,13-14H2,1H3,(H,27,30). The van der Waals surface area contributed by atoms with E-state index in [4.69, 9.17) is 9.47 Å². The van der Waals surface area contributed by atoms with Crippen molar-refractivity contribution in [2.75, 3.05) is 13.7 Å². The Labute approximate surface area is 186 Å². The minimum atomic E-state index is -0.121. The number of methoxy groups -OCH3 is 1. The van der Waals surface area contributed by atoms with E-state index in [9.17, 15) is 4.79 Å². The van der Waals surface area contributed by atoms with Crippen molar-refractivity contribution < 1.29 is 14.3 Å². The van der Waals surface area contributed by atoms with Crippen LogP contribution in [0.5, 0.6) is 17.4 Å². The van der Waals surface area contributed by atoms with Crippen molar-refractivity contribution in [3.63, 3.8) is 0 Å². The largest absolute Gasteiger partial charge is 0.497 e. The molecule has 32 heavy (non-hydrogen) atoms. The first-order chi connectivity index (χ1) is 15.7. The number of hydrogen-bond donors (Lipinski definition) is 1. The highest BCUT2D eigenvalue weighted by atomic mass is 16.5. The molecule has 3 aromatic carbocycles. The Morgan fingerprint density at radius 3 is 2.53 bits per heavy atom. The summed E-state index contributed by atoms with van der Waals surface area (Å²) in [5.41, 5.74) is 3.23. The third kappa shape index (κ3) is 5.49. The van der Waals surface area contributed by atoms with E-state index in [1.54, 1.807) is 25.3 Å². The highest BCUT2D eigenvalue weighted by molar-refractivity contribution is 5.95. The van der Waals surface area contributed by atoms with Gasteiger partial charge in [-0.2, -0.15) is 0 Å². The van der Waals surface area contributed by atoms with E-state index in [0.717, 1.165) is 12.0 Å². The Morgan fingerprint density at radius 1 is 0.875 bits per heavy atom. The van der Waals surface area contributed by atoms with E-state index >= 15 is 0 Å². The number of amides is 1. The minimum Gasteiger partial charge on any atom is -0.497 e. The molecule has 0 saturated carbocycles. The number of nitrogens with one attached hydrogen (secondary N) is 1. The Morgan fingerprint density at radius 2 is 1.69 bits per heavy atom. The van der Waals surface area contributed by atoms with Crippen molar-refractivity contribution in [1.29, 1.82) is 0 Å². The average Bonchev–Trinajstić information content (AvgIpc) is 2.85. The molecule has 0 aliphatic rings. The van der Waals surface area contributed by atoms with Gasteiger partial charge in [0.15, 0.2) is 0 Å². The zero-order valence-corrected chi connectivity index (χ0v) is 17.7. The van der Waals surface area contributed by atoms with Crippen LogP contribution in [0.15, 0.2) is 91.3 Å². The van der Waals surface area contributed by atoms with Crippen LogP contribution in [-0.4, -0.2) is 29.5 Å². The number of aromatic nitrogens is 2. The number of benzene rings is 3. The molecule has 1 amide bonds. The monoisotopic (exact) mass is 425 g/mol. The fourth-order valence-electron chi connectivity index (χ4n) is 3.23. The summed E-state index contributed by atoms with van der Waals surface area (Å²) in [5, 5.41) is 2.97. The predicted octanol–water partition coefficient (Wildman–Crippen LogP) is 4.92. The van der Waals surface area contributed by atoms with Gasteiger partial charge < -0.3 is 14.8 Å². The topological polar surface area (TPSA) is 73.3 Å². The first-order valence-corrected chi connectivity index (χ1v) is 10.3. The lowest BCUT2D eigenvalue weighted by Crippen LogP contribution is -2.25. The summed E-state index contributed by atoms with van der Waals surface area (Å²) < 4.78 is 11.1. The molecule has 0 bridgehead atoms. The van der Waals surface area contributed by atoms with E-state index in [2.05, 4.69) is 15.3 Å². The summed E-state index contributed by atoms with van der Waals surface area (Å²) in [6, 6.07) is 26.4. The van der Waals surface area contributed by atoms with Crippen LogP contribution >= 0.6 is 0 Å². The lowest BCUT2D eigenvalue weighted by atomic mass is 10.1. The molecule has 0 radical (unpaired) electrons. The molecule has 0 spiro atoms. The van der Waals surface area contributed by atoms with E-state index in [1.165, 1.54) is 11.9 Å². The molecular weight excluding hydrogens is 402 g/mol. The normalized spacial score (nSPS) is 10.4. The summed E-state index contributed by atoms with van der Waals surface area (Å²) in [6.45, 7) is 0.569. The van der Waals surface area contributed by atoms with Crippen molar-refractivity contribution in [1.82, 2.24) is 15.3 Å². The zero-order chi connectivity index (χ0) is 22.2. The van der Waals surface area contributed by atoms with Crippen LogP contribution in [0.3, 0.4) is 0 Å². The number of hydrogen-bond acceptors (Lipinski definition) is 5. The SMILES string of the molecule is COc1cccc(Oc2cc(-c3cccc(C(=O)NCCc4ccccc4)c3)ncn2)c1. The molecule has 0 atom stereocenters. The van der Waals surface area contributed by atoms with Gasteiger partial charge in [-0.05, 0) is 36.2 Å². The third-order valence-corrected chi connectivity index (χ3v) is 4.87. The number of carbonyl (C=O) groups is 1.